The molecule has 1 aliphatic rings. The minimum Gasteiger partial charge on any atom is -0.321 e. The number of amides is 1. The number of carbonyl (C=O) groups is 1. The molecule has 0 bridgehead atoms. The third kappa shape index (κ3) is 2.26. The lowest BCUT2D eigenvalue weighted by molar-refractivity contribution is -0.120. The second-order valence-electron chi connectivity index (χ2n) is 2.64. The number of hydrogen-bond donors (Lipinski definition) is 2. The van der Waals surface area contributed by atoms with Gasteiger partial charge < -0.3 is 4.72 Å². The molecule has 3 heteroatoms. The van der Waals surface area contributed by atoms with Crippen LogP contribution in [-0.4, -0.2) is 18.4 Å². The Balaban J connectivity index is 2.18. The van der Waals surface area contributed by atoms with Gasteiger partial charge in [0.15, 0.2) is 0 Å². The average Bonchev–Trinajstić information content (AvgIpc) is 2.40. The highest BCUT2D eigenvalue weighted by molar-refractivity contribution is 8.14. The molecule has 1 fully saturated rings. The van der Waals surface area contributed by atoms with E-state index in [9.17, 15) is 4.79 Å². The van der Waals surface area contributed by atoms with Gasteiger partial charge in [-0.05, 0) is 25.4 Å². The Morgan fingerprint density at radius 2 is 2.11 bits per heavy atom. The van der Waals surface area contributed by atoms with Gasteiger partial charge in [0.2, 0.25) is 5.91 Å². The Kier molecular flexibility index (Phi) is 2.01. The van der Waals surface area contributed by atoms with Crippen LogP contribution in [0.3, 0.4) is 0 Å². The lowest BCUT2D eigenvalue weighted by atomic mass is 10.4. The average molecular weight is 147 g/mol. The van der Waals surface area contributed by atoms with Crippen LogP contribution in [0.1, 0.15) is 12.8 Å². The molecule has 1 amide bonds. The van der Waals surface area contributed by atoms with E-state index in [2.05, 4.69) is 17.2 Å². The molecule has 1 rings (SSSR count). The van der Waals surface area contributed by atoms with Crippen molar-refractivity contribution in [2.75, 3.05) is 12.5 Å². The van der Waals surface area contributed by atoms with E-state index in [0.29, 0.717) is 5.92 Å². The minimum atomic E-state index is -0.232. The van der Waals surface area contributed by atoms with Crippen LogP contribution in [-0.2, 0) is 4.79 Å². The minimum absolute atomic E-state index is 0.232. The normalized spacial score (nSPS) is 19.1. The summed E-state index contributed by atoms with van der Waals surface area (Å²) in [6, 6.07) is 0. The van der Waals surface area contributed by atoms with Crippen molar-refractivity contribution in [2.24, 2.45) is 5.92 Å². The highest BCUT2D eigenvalue weighted by Gasteiger charge is 2.29. The first kappa shape index (κ1) is 6.93. The molecule has 0 aromatic heterocycles. The van der Waals surface area contributed by atoms with Gasteiger partial charge in [-0.1, -0.05) is 0 Å². The topological polar surface area (TPSA) is 29.1 Å². The lowest BCUT2D eigenvalue weighted by Crippen LogP contribution is -2.20. The summed E-state index contributed by atoms with van der Waals surface area (Å²) < 4.78 is 2.93. The van der Waals surface area contributed by atoms with Gasteiger partial charge >= 0.3 is 0 Å². The van der Waals surface area contributed by atoms with Gasteiger partial charge in [-0.25, -0.2) is 0 Å². The fraction of sp³-hybridized carbons (Fsp3) is 0.833. The third-order valence-corrected chi connectivity index (χ3v) is 1.95. The zero-order valence-electron chi connectivity index (χ0n) is 5.85. The van der Waals surface area contributed by atoms with Gasteiger partial charge in [-0.15, -0.1) is 0 Å². The predicted molar refractivity (Wildman–Crippen MR) is 41.7 cm³/mol. The maximum atomic E-state index is 10.9. The van der Waals surface area contributed by atoms with Crippen LogP contribution in [0.5, 0.6) is 0 Å². The maximum Gasteiger partial charge on any atom is 0.231 e. The molecule has 0 aromatic carbocycles. The summed E-state index contributed by atoms with van der Waals surface area (Å²) in [7, 11) is 0. The summed E-state index contributed by atoms with van der Waals surface area (Å²) in [5.41, 5.74) is 0. The Morgan fingerprint density at radius 3 is 2.44 bits per heavy atom. The molecule has 0 spiro atoms. The summed E-state index contributed by atoms with van der Waals surface area (Å²) in [5.74, 6) is 0.640. The van der Waals surface area contributed by atoms with Crippen LogP contribution < -0.4 is 4.72 Å². The molecule has 0 saturated heterocycles. The first-order chi connectivity index (χ1) is 4.20. The first-order valence-electron chi connectivity index (χ1n) is 3.18. The van der Waals surface area contributed by atoms with E-state index < -0.39 is 0 Å². The highest BCUT2D eigenvalue weighted by Crippen LogP contribution is 2.30. The summed E-state index contributed by atoms with van der Waals surface area (Å²) in [5, 5.41) is 0. The molecule has 1 saturated carbocycles. The zero-order chi connectivity index (χ0) is 6.85. The second-order valence-corrected chi connectivity index (χ2v) is 4.66. The van der Waals surface area contributed by atoms with Crippen LogP contribution in [0, 0.1) is 5.92 Å². The number of nitrogens with one attached hydrogen (secondary N) is 1. The van der Waals surface area contributed by atoms with Crippen molar-refractivity contribution in [3.05, 3.63) is 0 Å². The zero-order valence-corrected chi connectivity index (χ0v) is 6.74. The SMILES string of the molecule is C[SH](C)NC(=O)C1CC1. The largest absolute Gasteiger partial charge is 0.321 e. The summed E-state index contributed by atoms with van der Waals surface area (Å²) in [6.45, 7) is 0. The fourth-order valence-electron chi connectivity index (χ4n) is 0.657. The molecule has 0 atom stereocenters. The number of thiol groups is 1. The Morgan fingerprint density at radius 1 is 1.56 bits per heavy atom. The highest BCUT2D eigenvalue weighted by atomic mass is 32.2. The van der Waals surface area contributed by atoms with E-state index in [4.69, 9.17) is 0 Å². The Bertz CT molecular complexity index is 120. The molecule has 0 heterocycles. The summed E-state index contributed by atoms with van der Waals surface area (Å²) in [4.78, 5) is 10.9. The fourth-order valence-corrected chi connectivity index (χ4v) is 1.28. The molecular formula is C6H13NOS. The van der Waals surface area contributed by atoms with E-state index in [1.807, 2.05) is 0 Å². The van der Waals surface area contributed by atoms with E-state index in [1.54, 1.807) is 0 Å². The van der Waals surface area contributed by atoms with Gasteiger partial charge in [0, 0.05) is 5.92 Å². The predicted octanol–water partition coefficient (Wildman–Crippen LogP) is 0.688. The van der Waals surface area contributed by atoms with Crippen molar-refractivity contribution in [3.8, 4) is 0 Å². The van der Waals surface area contributed by atoms with E-state index in [-0.39, 0.29) is 17.0 Å². The van der Waals surface area contributed by atoms with Gasteiger partial charge in [-0.2, -0.15) is 11.1 Å². The van der Waals surface area contributed by atoms with Gasteiger partial charge in [0.05, 0.1) is 0 Å². The van der Waals surface area contributed by atoms with Crippen LogP contribution in [0.15, 0.2) is 0 Å². The van der Waals surface area contributed by atoms with Crippen molar-refractivity contribution in [2.45, 2.75) is 12.8 Å². The molecule has 0 aromatic rings. The van der Waals surface area contributed by atoms with E-state index in [1.165, 1.54) is 0 Å². The molecule has 0 aliphatic heterocycles. The van der Waals surface area contributed by atoms with Crippen molar-refractivity contribution >= 4 is 17.0 Å². The Hall–Kier alpha value is -0.180. The van der Waals surface area contributed by atoms with Gasteiger partial charge in [0.1, 0.15) is 0 Å². The van der Waals surface area contributed by atoms with Crippen LogP contribution in [0.25, 0.3) is 0 Å². The molecule has 1 N–H and O–H groups in total. The van der Waals surface area contributed by atoms with Crippen molar-refractivity contribution in [1.29, 1.82) is 0 Å². The molecular weight excluding hydrogens is 134 g/mol. The quantitative estimate of drug-likeness (QED) is 0.553. The van der Waals surface area contributed by atoms with E-state index >= 15 is 0 Å². The number of rotatable bonds is 2. The van der Waals surface area contributed by atoms with Crippen LogP contribution >= 0.6 is 11.1 Å². The lowest BCUT2D eigenvalue weighted by Gasteiger charge is -2.10. The smallest absolute Gasteiger partial charge is 0.231 e. The molecule has 9 heavy (non-hydrogen) atoms. The molecule has 1 aliphatic carbocycles. The summed E-state index contributed by atoms with van der Waals surface area (Å²) in [6.07, 6.45) is 6.31. The number of hydrogen-bond acceptors (Lipinski definition) is 1. The number of carbonyl (C=O) groups excluding carboxylic acids is 1. The van der Waals surface area contributed by atoms with Crippen LogP contribution in [0.2, 0.25) is 0 Å². The summed E-state index contributed by atoms with van der Waals surface area (Å²) >= 11 is -0.232. The Labute approximate surface area is 58.5 Å². The maximum absolute atomic E-state index is 10.9. The monoisotopic (exact) mass is 147 g/mol. The van der Waals surface area contributed by atoms with Crippen molar-refractivity contribution in [3.63, 3.8) is 0 Å². The van der Waals surface area contributed by atoms with Crippen molar-refractivity contribution in [1.82, 2.24) is 4.72 Å². The standard InChI is InChI=1S/C6H13NOS/c1-9(2)7-6(8)5-3-4-5/h5,9H,3-4H2,1-2H3,(H,7,8). The first-order valence-corrected chi connectivity index (χ1v) is 5.41. The van der Waals surface area contributed by atoms with Crippen LogP contribution in [0.4, 0.5) is 0 Å². The molecule has 0 radical (unpaired) electrons. The molecule has 0 unspecified atom stereocenters. The van der Waals surface area contributed by atoms with Gasteiger partial charge in [0.25, 0.3) is 0 Å². The van der Waals surface area contributed by atoms with Gasteiger partial charge in [-0.3, -0.25) is 4.79 Å². The molecule has 54 valence electrons. The van der Waals surface area contributed by atoms with E-state index in [0.717, 1.165) is 12.8 Å². The second kappa shape index (κ2) is 2.60. The third-order valence-electron chi connectivity index (χ3n) is 1.28. The van der Waals surface area contributed by atoms with Crippen molar-refractivity contribution < 1.29 is 4.79 Å². The molecule has 2 nitrogen and oxygen atoms in total.